The molecule has 0 aliphatic rings. The Labute approximate surface area is 152 Å². The molecule has 3 N–H and O–H groups in total. The molecular formula is C19H19FN2O3S. The summed E-state index contributed by atoms with van der Waals surface area (Å²) < 4.78 is 35.5. The Bertz CT molecular complexity index is 983. The highest BCUT2D eigenvalue weighted by molar-refractivity contribution is 7.89. The van der Waals surface area contributed by atoms with Crippen LogP contribution in [0, 0.1) is 19.7 Å². The van der Waals surface area contributed by atoms with E-state index in [9.17, 15) is 12.8 Å². The van der Waals surface area contributed by atoms with Crippen molar-refractivity contribution >= 4 is 10.0 Å². The maximum Gasteiger partial charge on any atom is 0.238 e. The minimum atomic E-state index is -3.83. The fourth-order valence-corrected chi connectivity index (χ4v) is 2.94. The fourth-order valence-electron chi connectivity index (χ4n) is 2.20. The van der Waals surface area contributed by atoms with Gasteiger partial charge in [0.15, 0.2) is 0 Å². The second-order valence-electron chi connectivity index (χ2n) is 5.62. The summed E-state index contributed by atoms with van der Waals surface area (Å²) in [5, 5.41) is 14.2. The number of rotatable bonds is 2. The van der Waals surface area contributed by atoms with Gasteiger partial charge >= 0.3 is 0 Å². The van der Waals surface area contributed by atoms with Gasteiger partial charge in [-0.05, 0) is 49.2 Å². The number of phenolic OH excluding ortho intramolecular Hbond substituents is 1. The summed E-state index contributed by atoms with van der Waals surface area (Å²) in [5.74, 6) is -0.100. The first kappa shape index (κ1) is 19.6. The highest BCUT2D eigenvalue weighted by atomic mass is 32.2. The van der Waals surface area contributed by atoms with Crippen LogP contribution in [0.5, 0.6) is 5.75 Å². The van der Waals surface area contributed by atoms with Crippen molar-refractivity contribution in [2.45, 2.75) is 18.7 Å². The van der Waals surface area contributed by atoms with E-state index >= 15 is 0 Å². The smallest absolute Gasteiger partial charge is 0.238 e. The molecule has 0 aliphatic carbocycles. The summed E-state index contributed by atoms with van der Waals surface area (Å²) in [6, 6.07) is 14.3. The Morgan fingerprint density at radius 1 is 1.00 bits per heavy atom. The molecule has 0 spiro atoms. The van der Waals surface area contributed by atoms with E-state index in [4.69, 9.17) is 10.2 Å². The van der Waals surface area contributed by atoms with Gasteiger partial charge in [-0.25, -0.2) is 17.9 Å². The number of hydrogen-bond donors (Lipinski definition) is 2. The van der Waals surface area contributed by atoms with Crippen LogP contribution in [0.2, 0.25) is 0 Å². The first-order chi connectivity index (χ1) is 12.2. The standard InChI is InChI=1S/C11H9FN2O2S.C8H10O/c12-8-5-6-10(14-7-8)9-3-1-2-4-11(9)17(13,15)16;1-6-4-3-5-8(9)7(6)2/h1-7H,(H2,13,15,16);3-5,9H,1-2H3. The van der Waals surface area contributed by atoms with E-state index in [0.29, 0.717) is 17.0 Å². The summed E-state index contributed by atoms with van der Waals surface area (Å²) in [7, 11) is -3.83. The zero-order valence-corrected chi connectivity index (χ0v) is 15.2. The van der Waals surface area contributed by atoms with Crippen molar-refractivity contribution in [3.63, 3.8) is 0 Å². The van der Waals surface area contributed by atoms with Gasteiger partial charge in [0.05, 0.1) is 16.8 Å². The van der Waals surface area contributed by atoms with Gasteiger partial charge in [-0.15, -0.1) is 0 Å². The van der Waals surface area contributed by atoms with Gasteiger partial charge in [-0.3, -0.25) is 4.98 Å². The number of pyridine rings is 1. The number of sulfonamides is 1. The highest BCUT2D eigenvalue weighted by Gasteiger charge is 2.15. The lowest BCUT2D eigenvalue weighted by Crippen LogP contribution is -2.13. The van der Waals surface area contributed by atoms with Gasteiger partial charge in [-0.1, -0.05) is 30.3 Å². The molecule has 5 nitrogen and oxygen atoms in total. The molecule has 0 saturated heterocycles. The van der Waals surface area contributed by atoms with Gasteiger partial charge in [0.2, 0.25) is 10.0 Å². The highest BCUT2D eigenvalue weighted by Crippen LogP contribution is 2.24. The van der Waals surface area contributed by atoms with Gasteiger partial charge < -0.3 is 5.11 Å². The second kappa shape index (κ2) is 8.07. The molecule has 1 aromatic heterocycles. The largest absolute Gasteiger partial charge is 0.508 e. The Kier molecular flexibility index (Phi) is 6.07. The molecule has 2 aromatic carbocycles. The zero-order chi connectivity index (χ0) is 19.3. The van der Waals surface area contributed by atoms with Crippen molar-refractivity contribution in [3.8, 4) is 17.0 Å². The third-order valence-electron chi connectivity index (χ3n) is 3.77. The van der Waals surface area contributed by atoms with Gasteiger partial charge in [-0.2, -0.15) is 0 Å². The number of phenols is 1. The monoisotopic (exact) mass is 374 g/mol. The predicted molar refractivity (Wildman–Crippen MR) is 98.6 cm³/mol. The molecule has 26 heavy (non-hydrogen) atoms. The molecular weight excluding hydrogens is 355 g/mol. The number of aromatic nitrogens is 1. The average Bonchev–Trinajstić information content (AvgIpc) is 2.60. The van der Waals surface area contributed by atoms with Crippen molar-refractivity contribution < 1.29 is 17.9 Å². The summed E-state index contributed by atoms with van der Waals surface area (Å²) >= 11 is 0. The van der Waals surface area contributed by atoms with Gasteiger partial charge in [0.25, 0.3) is 0 Å². The van der Waals surface area contributed by atoms with Crippen LogP contribution in [0.3, 0.4) is 0 Å². The molecule has 0 saturated carbocycles. The molecule has 0 bridgehead atoms. The van der Waals surface area contributed by atoms with Crippen molar-refractivity contribution in [2.24, 2.45) is 5.14 Å². The van der Waals surface area contributed by atoms with Crippen molar-refractivity contribution in [1.29, 1.82) is 0 Å². The molecule has 0 amide bonds. The number of aromatic hydroxyl groups is 1. The number of halogens is 1. The molecule has 1 heterocycles. The summed E-state index contributed by atoms with van der Waals surface area (Å²) in [6.07, 6.45) is 1.02. The number of primary sulfonamides is 1. The van der Waals surface area contributed by atoms with Crippen LogP contribution in [-0.2, 0) is 10.0 Å². The molecule has 0 fully saturated rings. The van der Waals surface area contributed by atoms with Crippen molar-refractivity contribution in [1.82, 2.24) is 4.98 Å². The van der Waals surface area contributed by atoms with E-state index in [1.54, 1.807) is 24.3 Å². The molecule has 0 radical (unpaired) electrons. The van der Waals surface area contributed by atoms with Crippen molar-refractivity contribution in [2.75, 3.05) is 0 Å². The minimum Gasteiger partial charge on any atom is -0.508 e. The number of nitrogens with two attached hydrogens (primary N) is 1. The van der Waals surface area contributed by atoms with Crippen LogP contribution in [0.25, 0.3) is 11.3 Å². The zero-order valence-electron chi connectivity index (χ0n) is 14.3. The van der Waals surface area contributed by atoms with Crippen molar-refractivity contribution in [3.05, 3.63) is 77.7 Å². The van der Waals surface area contributed by atoms with E-state index in [-0.39, 0.29) is 4.90 Å². The molecule has 7 heteroatoms. The Hall–Kier alpha value is -2.77. The Morgan fingerprint density at radius 3 is 2.23 bits per heavy atom. The normalized spacial score (nSPS) is 10.8. The first-order valence-electron chi connectivity index (χ1n) is 7.69. The fraction of sp³-hybridized carbons (Fsp3) is 0.105. The van der Waals surface area contributed by atoms with Crippen LogP contribution in [0.1, 0.15) is 11.1 Å². The Morgan fingerprint density at radius 2 is 1.69 bits per heavy atom. The van der Waals surface area contributed by atoms with E-state index in [1.807, 2.05) is 26.0 Å². The van der Waals surface area contributed by atoms with E-state index in [1.165, 1.54) is 18.2 Å². The number of nitrogens with zero attached hydrogens (tertiary/aromatic N) is 1. The maximum absolute atomic E-state index is 12.7. The summed E-state index contributed by atoms with van der Waals surface area (Å²) in [4.78, 5) is 3.80. The van der Waals surface area contributed by atoms with Gasteiger partial charge in [0, 0.05) is 5.56 Å². The topological polar surface area (TPSA) is 93.3 Å². The van der Waals surface area contributed by atoms with E-state index in [0.717, 1.165) is 17.3 Å². The quantitative estimate of drug-likeness (QED) is 0.717. The molecule has 3 rings (SSSR count). The third-order valence-corrected chi connectivity index (χ3v) is 4.74. The SMILES string of the molecule is Cc1cccc(O)c1C.NS(=O)(=O)c1ccccc1-c1ccc(F)cn1. The summed E-state index contributed by atoms with van der Waals surface area (Å²) in [6.45, 7) is 3.89. The summed E-state index contributed by atoms with van der Waals surface area (Å²) in [5.41, 5.74) is 2.82. The Balaban J connectivity index is 0.000000228. The lowest BCUT2D eigenvalue weighted by atomic mass is 10.1. The van der Waals surface area contributed by atoms with E-state index in [2.05, 4.69) is 4.98 Å². The van der Waals surface area contributed by atoms with Crippen LogP contribution in [0.4, 0.5) is 4.39 Å². The minimum absolute atomic E-state index is 0.0286. The van der Waals surface area contributed by atoms with Crippen LogP contribution >= 0.6 is 0 Å². The van der Waals surface area contributed by atoms with Crippen LogP contribution < -0.4 is 5.14 Å². The second-order valence-corrected chi connectivity index (χ2v) is 7.15. The number of benzene rings is 2. The maximum atomic E-state index is 12.7. The number of hydrogen-bond acceptors (Lipinski definition) is 4. The number of aryl methyl sites for hydroxylation is 1. The third kappa shape index (κ3) is 4.87. The molecule has 0 aliphatic heterocycles. The first-order valence-corrected chi connectivity index (χ1v) is 9.23. The van der Waals surface area contributed by atoms with Gasteiger partial charge in [0.1, 0.15) is 11.6 Å². The molecule has 0 unspecified atom stereocenters. The lowest BCUT2D eigenvalue weighted by molar-refractivity contribution is 0.470. The molecule has 0 atom stereocenters. The predicted octanol–water partition coefficient (Wildman–Crippen LogP) is 3.54. The molecule has 136 valence electrons. The van der Waals surface area contributed by atoms with Crippen LogP contribution in [0.15, 0.2) is 65.7 Å². The lowest BCUT2D eigenvalue weighted by Gasteiger charge is -2.06. The van der Waals surface area contributed by atoms with Crippen LogP contribution in [-0.4, -0.2) is 18.5 Å². The molecule has 3 aromatic rings. The average molecular weight is 374 g/mol. The van der Waals surface area contributed by atoms with E-state index < -0.39 is 15.8 Å².